The van der Waals surface area contributed by atoms with Crippen molar-refractivity contribution in [2.75, 3.05) is 19.6 Å². The van der Waals surface area contributed by atoms with Gasteiger partial charge in [-0.25, -0.2) is 0 Å². The van der Waals surface area contributed by atoms with Gasteiger partial charge in [0.05, 0.1) is 0 Å². The molecule has 0 aromatic heterocycles. The molecule has 3 nitrogen and oxygen atoms in total. The molecule has 0 aliphatic carbocycles. The van der Waals surface area contributed by atoms with Crippen LogP contribution in [-0.2, 0) is 11.2 Å². The highest BCUT2D eigenvalue weighted by atomic mass is 16.1. The number of hydrogen-bond donors (Lipinski definition) is 2. The molecule has 20 heavy (non-hydrogen) atoms. The van der Waals surface area contributed by atoms with Crippen molar-refractivity contribution >= 4 is 5.91 Å². The quantitative estimate of drug-likeness (QED) is 0.645. The highest BCUT2D eigenvalue weighted by Crippen LogP contribution is 2.08. The summed E-state index contributed by atoms with van der Waals surface area (Å²) >= 11 is 0. The molecule has 1 rings (SSSR count). The molecule has 0 atom stereocenters. The van der Waals surface area contributed by atoms with E-state index in [4.69, 9.17) is 0 Å². The van der Waals surface area contributed by atoms with Crippen molar-refractivity contribution < 1.29 is 4.79 Å². The molecule has 0 aliphatic rings. The average Bonchev–Trinajstić information content (AvgIpc) is 2.45. The third-order valence-corrected chi connectivity index (χ3v) is 3.29. The van der Waals surface area contributed by atoms with Gasteiger partial charge >= 0.3 is 0 Å². The molecule has 3 heteroatoms. The highest BCUT2D eigenvalue weighted by Gasteiger charge is 2.00. The van der Waals surface area contributed by atoms with E-state index in [0.29, 0.717) is 6.42 Å². The molecular weight excluding hydrogens is 248 g/mol. The zero-order valence-electron chi connectivity index (χ0n) is 12.9. The summed E-state index contributed by atoms with van der Waals surface area (Å²) in [5, 5.41) is 6.22. The van der Waals surface area contributed by atoms with Crippen molar-refractivity contribution in [1.29, 1.82) is 0 Å². The van der Waals surface area contributed by atoms with Crippen LogP contribution in [0.15, 0.2) is 24.3 Å². The predicted octanol–water partition coefficient (Wildman–Crippen LogP) is 2.82. The smallest absolute Gasteiger partial charge is 0.220 e. The van der Waals surface area contributed by atoms with Crippen LogP contribution in [0, 0.1) is 6.92 Å². The monoisotopic (exact) mass is 276 g/mol. The molecule has 0 saturated carbocycles. The van der Waals surface area contributed by atoms with Crippen LogP contribution >= 0.6 is 0 Å². The van der Waals surface area contributed by atoms with E-state index in [1.807, 2.05) is 0 Å². The Hall–Kier alpha value is -1.35. The van der Waals surface area contributed by atoms with E-state index in [2.05, 4.69) is 48.7 Å². The lowest BCUT2D eigenvalue weighted by Crippen LogP contribution is -2.31. The zero-order chi connectivity index (χ0) is 14.6. The fourth-order valence-corrected chi connectivity index (χ4v) is 2.05. The lowest BCUT2D eigenvalue weighted by Gasteiger charge is -2.06. The molecule has 0 unspecified atom stereocenters. The van der Waals surface area contributed by atoms with Crippen molar-refractivity contribution in [2.45, 2.75) is 46.0 Å². The summed E-state index contributed by atoms with van der Waals surface area (Å²) in [6.07, 6.45) is 4.87. The Morgan fingerprint density at radius 3 is 2.50 bits per heavy atom. The van der Waals surface area contributed by atoms with Gasteiger partial charge in [-0.1, -0.05) is 36.8 Å². The molecule has 1 amide bonds. The molecule has 0 fully saturated rings. The Labute approximate surface area is 123 Å². The predicted molar refractivity (Wildman–Crippen MR) is 84.9 cm³/mol. The highest BCUT2D eigenvalue weighted by molar-refractivity contribution is 5.75. The van der Waals surface area contributed by atoms with Crippen LogP contribution in [0.3, 0.4) is 0 Å². The maximum Gasteiger partial charge on any atom is 0.220 e. The van der Waals surface area contributed by atoms with Gasteiger partial charge < -0.3 is 10.6 Å². The first-order valence-electron chi connectivity index (χ1n) is 7.75. The normalized spacial score (nSPS) is 10.5. The Balaban J connectivity index is 2.00. The van der Waals surface area contributed by atoms with Crippen molar-refractivity contribution in [1.82, 2.24) is 10.6 Å². The van der Waals surface area contributed by atoms with E-state index in [9.17, 15) is 4.79 Å². The maximum atomic E-state index is 11.6. The number of carbonyl (C=O) groups excluding carboxylic acids is 1. The summed E-state index contributed by atoms with van der Waals surface area (Å²) in [7, 11) is 0. The Bertz CT molecular complexity index is 373. The summed E-state index contributed by atoms with van der Waals surface area (Å²) in [6.45, 7) is 6.86. The van der Waals surface area contributed by atoms with E-state index < -0.39 is 0 Å². The topological polar surface area (TPSA) is 41.1 Å². The molecule has 0 radical (unpaired) electrons. The molecular formula is C17H28N2O. The van der Waals surface area contributed by atoms with Crippen LogP contribution in [0.2, 0.25) is 0 Å². The molecule has 0 heterocycles. The van der Waals surface area contributed by atoms with E-state index in [1.54, 1.807) is 0 Å². The summed E-state index contributed by atoms with van der Waals surface area (Å²) < 4.78 is 0. The first-order chi connectivity index (χ1) is 9.72. The SMILES string of the molecule is CCCNCCNC(=O)CCCCc1ccc(C)cc1. The van der Waals surface area contributed by atoms with Gasteiger partial charge in [0.1, 0.15) is 0 Å². The largest absolute Gasteiger partial charge is 0.355 e. The summed E-state index contributed by atoms with van der Waals surface area (Å²) in [5.74, 6) is 0.173. The van der Waals surface area contributed by atoms with Crippen LogP contribution in [0.25, 0.3) is 0 Å². The molecule has 1 aromatic rings. The number of aryl methyl sites for hydroxylation is 2. The average molecular weight is 276 g/mol. The third-order valence-electron chi connectivity index (χ3n) is 3.29. The van der Waals surface area contributed by atoms with Crippen molar-refractivity contribution in [3.8, 4) is 0 Å². The summed E-state index contributed by atoms with van der Waals surface area (Å²) in [6, 6.07) is 8.64. The van der Waals surface area contributed by atoms with Crippen LogP contribution < -0.4 is 10.6 Å². The van der Waals surface area contributed by atoms with Gasteiger partial charge in [0.2, 0.25) is 5.91 Å². The first-order valence-corrected chi connectivity index (χ1v) is 7.75. The number of carbonyl (C=O) groups is 1. The molecule has 0 spiro atoms. The number of amides is 1. The number of unbranched alkanes of at least 4 members (excludes halogenated alkanes) is 1. The van der Waals surface area contributed by atoms with E-state index >= 15 is 0 Å². The second-order valence-electron chi connectivity index (χ2n) is 5.29. The van der Waals surface area contributed by atoms with Crippen LogP contribution in [0.5, 0.6) is 0 Å². The lowest BCUT2D eigenvalue weighted by molar-refractivity contribution is -0.121. The van der Waals surface area contributed by atoms with Crippen molar-refractivity contribution in [3.05, 3.63) is 35.4 Å². The Kier molecular flexibility index (Phi) is 8.72. The fraction of sp³-hybridized carbons (Fsp3) is 0.588. The number of nitrogens with one attached hydrogen (secondary N) is 2. The van der Waals surface area contributed by atoms with Crippen LogP contribution in [-0.4, -0.2) is 25.5 Å². The molecule has 112 valence electrons. The van der Waals surface area contributed by atoms with Gasteiger partial charge in [-0.05, 0) is 44.7 Å². The van der Waals surface area contributed by atoms with Crippen molar-refractivity contribution in [2.24, 2.45) is 0 Å². The minimum absolute atomic E-state index is 0.173. The zero-order valence-corrected chi connectivity index (χ0v) is 12.9. The van der Waals surface area contributed by atoms with Crippen LogP contribution in [0.1, 0.15) is 43.7 Å². The first kappa shape index (κ1) is 16.7. The van der Waals surface area contributed by atoms with Gasteiger partial charge in [-0.3, -0.25) is 4.79 Å². The molecule has 0 saturated heterocycles. The lowest BCUT2D eigenvalue weighted by atomic mass is 10.1. The third kappa shape index (κ3) is 7.95. The Morgan fingerprint density at radius 2 is 1.80 bits per heavy atom. The molecule has 1 aromatic carbocycles. The minimum Gasteiger partial charge on any atom is -0.355 e. The van der Waals surface area contributed by atoms with Crippen LogP contribution in [0.4, 0.5) is 0 Å². The maximum absolute atomic E-state index is 11.6. The minimum atomic E-state index is 0.173. The molecule has 0 bridgehead atoms. The van der Waals surface area contributed by atoms with Gasteiger partial charge in [-0.15, -0.1) is 0 Å². The molecule has 0 aliphatic heterocycles. The van der Waals surface area contributed by atoms with E-state index in [1.165, 1.54) is 11.1 Å². The number of benzene rings is 1. The number of hydrogen-bond acceptors (Lipinski definition) is 2. The van der Waals surface area contributed by atoms with Gasteiger partial charge in [0.25, 0.3) is 0 Å². The van der Waals surface area contributed by atoms with Crippen molar-refractivity contribution in [3.63, 3.8) is 0 Å². The summed E-state index contributed by atoms with van der Waals surface area (Å²) in [5.41, 5.74) is 2.66. The fourth-order valence-electron chi connectivity index (χ4n) is 2.05. The summed E-state index contributed by atoms with van der Waals surface area (Å²) in [4.78, 5) is 11.6. The van der Waals surface area contributed by atoms with Gasteiger partial charge in [0.15, 0.2) is 0 Å². The van der Waals surface area contributed by atoms with Gasteiger partial charge in [-0.2, -0.15) is 0 Å². The second kappa shape index (κ2) is 10.4. The van der Waals surface area contributed by atoms with E-state index in [0.717, 1.165) is 45.3 Å². The Morgan fingerprint density at radius 1 is 1.05 bits per heavy atom. The molecule has 2 N–H and O–H groups in total. The number of rotatable bonds is 10. The van der Waals surface area contributed by atoms with E-state index in [-0.39, 0.29) is 5.91 Å². The standard InChI is InChI=1S/C17H28N2O/c1-3-12-18-13-14-19-17(20)7-5-4-6-16-10-8-15(2)9-11-16/h8-11,18H,3-7,12-14H2,1-2H3,(H,19,20). The van der Waals surface area contributed by atoms with Gasteiger partial charge in [0, 0.05) is 19.5 Å². The second-order valence-corrected chi connectivity index (χ2v) is 5.29.